The van der Waals surface area contributed by atoms with E-state index in [0.29, 0.717) is 0 Å². The summed E-state index contributed by atoms with van der Waals surface area (Å²) in [6.45, 7) is 0. The van der Waals surface area contributed by atoms with Gasteiger partial charge in [-0.2, -0.15) is 0 Å². The van der Waals surface area contributed by atoms with Crippen LogP contribution in [-0.4, -0.2) is 17.4 Å². The van der Waals surface area contributed by atoms with Gasteiger partial charge in [0.2, 0.25) is 0 Å². The van der Waals surface area contributed by atoms with Crippen molar-refractivity contribution >= 4 is 5.97 Å². The number of carboxylic acids is 1. The zero-order valence-corrected chi connectivity index (χ0v) is 10.1. The van der Waals surface area contributed by atoms with Gasteiger partial charge in [-0.25, -0.2) is 13.6 Å². The Morgan fingerprint density at radius 1 is 0.850 bits per heavy atom. The van der Waals surface area contributed by atoms with Gasteiger partial charge < -0.3 is 14.6 Å². The van der Waals surface area contributed by atoms with Gasteiger partial charge in [0.05, 0.1) is 0 Å². The van der Waals surface area contributed by atoms with Crippen molar-refractivity contribution in [1.82, 2.24) is 0 Å². The molecule has 20 heavy (non-hydrogen) atoms. The van der Waals surface area contributed by atoms with Crippen molar-refractivity contribution in [2.45, 2.75) is 6.29 Å². The van der Waals surface area contributed by atoms with Gasteiger partial charge in [-0.15, -0.1) is 0 Å². The van der Waals surface area contributed by atoms with E-state index >= 15 is 0 Å². The Morgan fingerprint density at radius 3 is 1.50 bits per heavy atom. The number of halogens is 2. The number of aliphatic carboxylic acids is 1. The lowest BCUT2D eigenvalue weighted by Crippen LogP contribution is -2.33. The van der Waals surface area contributed by atoms with Crippen molar-refractivity contribution in [2.24, 2.45) is 0 Å². The lowest BCUT2D eigenvalue weighted by molar-refractivity contribution is -0.158. The number of benzene rings is 2. The minimum absolute atomic E-state index is 0.140. The second-order valence-corrected chi connectivity index (χ2v) is 3.81. The van der Waals surface area contributed by atoms with E-state index < -0.39 is 23.9 Å². The molecule has 0 amide bonds. The third-order valence-corrected chi connectivity index (χ3v) is 2.32. The van der Waals surface area contributed by atoms with Crippen LogP contribution in [0, 0.1) is 11.6 Å². The third-order valence-electron chi connectivity index (χ3n) is 2.32. The highest BCUT2D eigenvalue weighted by Crippen LogP contribution is 2.17. The van der Waals surface area contributed by atoms with E-state index in [1.807, 2.05) is 0 Å². The molecule has 0 unspecified atom stereocenters. The van der Waals surface area contributed by atoms with Crippen molar-refractivity contribution in [3.05, 3.63) is 60.2 Å². The quantitative estimate of drug-likeness (QED) is 0.856. The van der Waals surface area contributed by atoms with Crippen LogP contribution in [0.3, 0.4) is 0 Å². The molecule has 0 saturated carbocycles. The first-order chi connectivity index (χ1) is 9.54. The summed E-state index contributed by atoms with van der Waals surface area (Å²) in [7, 11) is 0. The first-order valence-electron chi connectivity index (χ1n) is 5.62. The van der Waals surface area contributed by atoms with Crippen LogP contribution in [-0.2, 0) is 4.79 Å². The fourth-order valence-electron chi connectivity index (χ4n) is 1.40. The van der Waals surface area contributed by atoms with E-state index in [1.165, 1.54) is 24.3 Å². The topological polar surface area (TPSA) is 55.8 Å². The second-order valence-electron chi connectivity index (χ2n) is 3.81. The summed E-state index contributed by atoms with van der Waals surface area (Å²) in [5.41, 5.74) is 0. The van der Waals surface area contributed by atoms with E-state index in [9.17, 15) is 13.6 Å². The number of rotatable bonds is 5. The SMILES string of the molecule is O=C(O)C(Oc1ccc(F)cc1)Oc1ccc(F)cc1. The summed E-state index contributed by atoms with van der Waals surface area (Å²) in [6.07, 6.45) is -1.62. The normalized spacial score (nSPS) is 10.3. The Labute approximate surface area is 113 Å². The first kappa shape index (κ1) is 13.8. The molecule has 2 aromatic rings. The van der Waals surface area contributed by atoms with Crippen LogP contribution in [0.25, 0.3) is 0 Å². The molecule has 1 N–H and O–H groups in total. The maximum Gasteiger partial charge on any atom is 0.387 e. The summed E-state index contributed by atoms with van der Waals surface area (Å²) in [4.78, 5) is 11.0. The molecule has 2 aromatic carbocycles. The molecule has 6 heteroatoms. The van der Waals surface area contributed by atoms with Crippen LogP contribution in [0.5, 0.6) is 11.5 Å². The predicted octanol–water partition coefficient (Wildman–Crippen LogP) is 2.83. The van der Waals surface area contributed by atoms with Crippen molar-refractivity contribution in [2.75, 3.05) is 0 Å². The van der Waals surface area contributed by atoms with E-state index in [-0.39, 0.29) is 11.5 Å². The first-order valence-corrected chi connectivity index (χ1v) is 5.62. The number of carboxylic acid groups (broad SMARTS) is 1. The van der Waals surface area contributed by atoms with E-state index in [4.69, 9.17) is 14.6 Å². The molecule has 0 atom stereocenters. The zero-order chi connectivity index (χ0) is 14.5. The molecule has 0 radical (unpaired) electrons. The molecule has 0 fully saturated rings. The highest BCUT2D eigenvalue weighted by Gasteiger charge is 2.21. The fraction of sp³-hybridized carbons (Fsp3) is 0.0714. The minimum Gasteiger partial charge on any atom is -0.476 e. The molecule has 0 heterocycles. The Hall–Kier alpha value is -2.63. The molecule has 0 spiro atoms. The van der Waals surface area contributed by atoms with Gasteiger partial charge >= 0.3 is 12.3 Å². The van der Waals surface area contributed by atoms with Crippen molar-refractivity contribution in [1.29, 1.82) is 0 Å². The van der Waals surface area contributed by atoms with Gasteiger partial charge in [0.1, 0.15) is 23.1 Å². The summed E-state index contributed by atoms with van der Waals surface area (Å²) in [6, 6.07) is 9.63. The maximum absolute atomic E-state index is 12.7. The lowest BCUT2D eigenvalue weighted by atomic mass is 10.3. The van der Waals surface area contributed by atoms with Gasteiger partial charge in [0.25, 0.3) is 0 Å². The summed E-state index contributed by atoms with van der Waals surface area (Å²) < 4.78 is 35.6. The van der Waals surface area contributed by atoms with Crippen LogP contribution in [0.15, 0.2) is 48.5 Å². The number of ether oxygens (including phenoxy) is 2. The van der Waals surface area contributed by atoms with E-state index in [0.717, 1.165) is 24.3 Å². The largest absolute Gasteiger partial charge is 0.476 e. The molecule has 104 valence electrons. The van der Waals surface area contributed by atoms with E-state index in [2.05, 4.69) is 0 Å². The van der Waals surface area contributed by atoms with Crippen molar-refractivity contribution < 1.29 is 28.2 Å². The molecular weight excluding hydrogens is 270 g/mol. The Balaban J connectivity index is 2.09. The van der Waals surface area contributed by atoms with E-state index in [1.54, 1.807) is 0 Å². The maximum atomic E-state index is 12.7. The number of carbonyl (C=O) groups is 1. The van der Waals surface area contributed by atoms with Gasteiger partial charge in [0, 0.05) is 0 Å². The summed E-state index contributed by atoms with van der Waals surface area (Å²) in [5, 5.41) is 9.01. The van der Waals surface area contributed by atoms with Crippen molar-refractivity contribution in [3.63, 3.8) is 0 Å². The summed E-state index contributed by atoms with van der Waals surface area (Å²) in [5.74, 6) is -2.02. The monoisotopic (exact) mass is 280 g/mol. The smallest absolute Gasteiger partial charge is 0.387 e. The third kappa shape index (κ3) is 3.68. The number of hydrogen-bond donors (Lipinski definition) is 1. The van der Waals surface area contributed by atoms with Crippen LogP contribution in [0.4, 0.5) is 8.78 Å². The molecule has 4 nitrogen and oxygen atoms in total. The standard InChI is InChI=1S/C14H10F2O4/c15-9-1-5-11(6-2-9)19-14(13(17)18)20-12-7-3-10(16)4-8-12/h1-8,14H,(H,17,18). The molecule has 0 bridgehead atoms. The average molecular weight is 280 g/mol. The Bertz CT molecular complexity index is 534. The fourth-order valence-corrected chi connectivity index (χ4v) is 1.40. The van der Waals surface area contributed by atoms with Gasteiger partial charge in [-0.1, -0.05) is 0 Å². The van der Waals surface area contributed by atoms with Gasteiger partial charge in [0.15, 0.2) is 0 Å². The summed E-state index contributed by atoms with van der Waals surface area (Å²) >= 11 is 0. The highest BCUT2D eigenvalue weighted by molar-refractivity contribution is 5.71. The van der Waals surface area contributed by atoms with Gasteiger partial charge in [-0.3, -0.25) is 0 Å². The molecule has 0 aromatic heterocycles. The molecule has 0 aliphatic carbocycles. The van der Waals surface area contributed by atoms with Crippen LogP contribution < -0.4 is 9.47 Å². The lowest BCUT2D eigenvalue weighted by Gasteiger charge is -2.16. The Kier molecular flexibility index (Phi) is 4.14. The van der Waals surface area contributed by atoms with Crippen LogP contribution in [0.2, 0.25) is 0 Å². The average Bonchev–Trinajstić information content (AvgIpc) is 2.42. The predicted molar refractivity (Wildman–Crippen MR) is 65.5 cm³/mol. The molecule has 0 aliphatic rings. The van der Waals surface area contributed by atoms with Crippen LogP contribution >= 0.6 is 0 Å². The van der Waals surface area contributed by atoms with Crippen molar-refractivity contribution in [3.8, 4) is 11.5 Å². The molecule has 0 aliphatic heterocycles. The molecule has 0 saturated heterocycles. The minimum atomic E-state index is -1.62. The Morgan fingerprint density at radius 2 is 1.20 bits per heavy atom. The van der Waals surface area contributed by atoms with Crippen LogP contribution in [0.1, 0.15) is 0 Å². The number of hydrogen-bond acceptors (Lipinski definition) is 3. The molecular formula is C14H10F2O4. The highest BCUT2D eigenvalue weighted by atomic mass is 19.1. The molecule has 2 rings (SSSR count). The second kappa shape index (κ2) is 6.01. The zero-order valence-electron chi connectivity index (χ0n) is 10.1. The van der Waals surface area contributed by atoms with Gasteiger partial charge in [-0.05, 0) is 48.5 Å².